The first-order chi connectivity index (χ1) is 11.3. The van der Waals surface area contributed by atoms with Crippen LogP contribution in [0.5, 0.6) is 0 Å². The van der Waals surface area contributed by atoms with Crippen molar-refractivity contribution < 1.29 is 16.8 Å². The van der Waals surface area contributed by atoms with E-state index in [-0.39, 0.29) is 5.75 Å². The summed E-state index contributed by atoms with van der Waals surface area (Å²) in [7, 11) is -8.11. The van der Waals surface area contributed by atoms with E-state index in [0.717, 1.165) is 32.1 Å². The number of fused-ring (bicyclic) bond motifs is 1. The van der Waals surface area contributed by atoms with E-state index in [1.54, 1.807) is 0 Å². The van der Waals surface area contributed by atoms with Crippen molar-refractivity contribution in [2.24, 2.45) is 11.8 Å². The van der Waals surface area contributed by atoms with Gasteiger partial charge in [0.1, 0.15) is 0 Å². The molecule has 0 aromatic rings. The van der Waals surface area contributed by atoms with Gasteiger partial charge in [-0.2, -0.15) is 0 Å². The van der Waals surface area contributed by atoms with E-state index in [2.05, 4.69) is 0 Å². The summed E-state index contributed by atoms with van der Waals surface area (Å²) >= 11 is 0. The molecule has 2 aliphatic rings. The van der Waals surface area contributed by atoms with Crippen LogP contribution in [0.2, 0.25) is 0 Å². The van der Waals surface area contributed by atoms with Gasteiger partial charge in [-0.1, -0.05) is 37.3 Å². The van der Waals surface area contributed by atoms with Gasteiger partial charge >= 0.3 is 0 Å². The van der Waals surface area contributed by atoms with E-state index in [1.165, 1.54) is 18.4 Å². The van der Waals surface area contributed by atoms with Gasteiger partial charge in [0.05, 0.1) is 11.0 Å². The van der Waals surface area contributed by atoms with Crippen LogP contribution in [-0.4, -0.2) is 27.8 Å². The number of unbranched alkanes of at least 4 members (excludes halogenated alkanes) is 1. The number of rotatable bonds is 7. The second kappa shape index (κ2) is 8.35. The van der Waals surface area contributed by atoms with Crippen molar-refractivity contribution in [2.75, 3.05) is 5.75 Å². The van der Waals surface area contributed by atoms with Crippen molar-refractivity contribution in [3.05, 3.63) is 11.6 Å². The second-order valence-electron chi connectivity index (χ2n) is 7.59. The van der Waals surface area contributed by atoms with Crippen LogP contribution in [0.1, 0.15) is 78.1 Å². The minimum absolute atomic E-state index is 0.225. The molecule has 3 atom stereocenters. The molecular weight excluding hydrogens is 344 g/mol. The molecule has 0 aromatic carbocycles. The average Bonchev–Trinajstić information content (AvgIpc) is 2.57. The molecule has 0 aliphatic heterocycles. The van der Waals surface area contributed by atoms with E-state index in [9.17, 15) is 16.8 Å². The van der Waals surface area contributed by atoms with Gasteiger partial charge in [-0.15, -0.1) is 0 Å². The largest absolute Gasteiger partial charge is 0.256 e. The van der Waals surface area contributed by atoms with Gasteiger partial charge in [-0.3, -0.25) is 0 Å². The fourth-order valence-electron chi connectivity index (χ4n) is 4.24. The van der Waals surface area contributed by atoms with Gasteiger partial charge < -0.3 is 0 Å². The molecule has 0 aromatic heterocycles. The molecule has 0 saturated heterocycles. The Hall–Kier alpha value is -0.360. The lowest BCUT2D eigenvalue weighted by Gasteiger charge is -2.38. The van der Waals surface area contributed by atoms with E-state index in [1.807, 2.05) is 19.9 Å². The summed E-state index contributed by atoms with van der Waals surface area (Å²) < 4.78 is 50.2. The summed E-state index contributed by atoms with van der Waals surface area (Å²) in [5, 5.41) is -0.667. The van der Waals surface area contributed by atoms with Crippen molar-refractivity contribution in [1.29, 1.82) is 0 Å². The predicted octanol–water partition coefficient (Wildman–Crippen LogP) is 4.23. The maximum Gasteiger partial charge on any atom is 0.256 e. The highest BCUT2D eigenvalue weighted by molar-refractivity contribution is 8.67. The van der Waals surface area contributed by atoms with Gasteiger partial charge in [0.2, 0.25) is 0 Å². The summed E-state index contributed by atoms with van der Waals surface area (Å²) in [4.78, 5) is 0. The summed E-state index contributed by atoms with van der Waals surface area (Å²) in [6.45, 7) is 3.96. The third-order valence-electron chi connectivity index (χ3n) is 5.96. The maximum atomic E-state index is 12.7. The standard InChI is InChI=1S/C18H32O4S2/c1-3-15(2)8-6-7-13-23(19,20)24(21,22)18-12-11-16-9-4-5-10-17(16)14-18/h3,16-18H,4-14H2,1-2H3. The van der Waals surface area contributed by atoms with Crippen LogP contribution < -0.4 is 0 Å². The topological polar surface area (TPSA) is 68.3 Å². The summed E-state index contributed by atoms with van der Waals surface area (Å²) in [6.07, 6.45) is 10.6. The molecule has 2 fully saturated rings. The molecule has 3 unspecified atom stereocenters. The Labute approximate surface area is 147 Å². The van der Waals surface area contributed by atoms with Gasteiger partial charge in [0.25, 0.3) is 17.7 Å². The monoisotopic (exact) mass is 376 g/mol. The van der Waals surface area contributed by atoms with E-state index < -0.39 is 23.0 Å². The van der Waals surface area contributed by atoms with Gasteiger partial charge in [-0.05, 0) is 64.2 Å². The molecule has 0 spiro atoms. The molecule has 0 heterocycles. The fourth-order valence-corrected chi connectivity index (χ4v) is 9.17. The smallest absolute Gasteiger partial charge is 0.213 e. The minimum Gasteiger partial charge on any atom is -0.213 e. The van der Waals surface area contributed by atoms with Crippen molar-refractivity contribution in [2.45, 2.75) is 83.3 Å². The van der Waals surface area contributed by atoms with Gasteiger partial charge in [0, 0.05) is 0 Å². The van der Waals surface area contributed by atoms with Crippen molar-refractivity contribution >= 4 is 17.7 Å². The molecule has 0 radical (unpaired) electrons. The van der Waals surface area contributed by atoms with Crippen LogP contribution in [-0.2, 0) is 17.7 Å². The van der Waals surface area contributed by atoms with Crippen LogP contribution in [0.4, 0.5) is 0 Å². The molecule has 2 aliphatic carbocycles. The fraction of sp³-hybridized carbons (Fsp3) is 0.889. The Balaban J connectivity index is 1.95. The Morgan fingerprint density at radius 3 is 2.29 bits per heavy atom. The van der Waals surface area contributed by atoms with Crippen LogP contribution in [0.3, 0.4) is 0 Å². The lowest BCUT2D eigenvalue weighted by Crippen LogP contribution is -2.38. The SMILES string of the molecule is CC=C(C)CCCCS(=O)(=O)S(=O)(=O)C1CCC2CCCCC2C1. The number of hydrogen-bond acceptors (Lipinski definition) is 4. The quantitative estimate of drug-likeness (QED) is 0.379. The third kappa shape index (κ3) is 4.63. The molecule has 6 heteroatoms. The Morgan fingerprint density at radius 1 is 0.958 bits per heavy atom. The average molecular weight is 377 g/mol. The van der Waals surface area contributed by atoms with E-state index >= 15 is 0 Å². The Kier molecular flexibility index (Phi) is 6.94. The van der Waals surface area contributed by atoms with Crippen LogP contribution in [0, 0.1) is 11.8 Å². The van der Waals surface area contributed by atoms with Gasteiger partial charge in [0.15, 0.2) is 0 Å². The summed E-state index contributed by atoms with van der Waals surface area (Å²) in [5.74, 6) is 0.813. The second-order valence-corrected chi connectivity index (χ2v) is 13.7. The highest BCUT2D eigenvalue weighted by Gasteiger charge is 2.43. The summed E-state index contributed by atoms with van der Waals surface area (Å²) in [6, 6.07) is 0. The molecule has 2 saturated carbocycles. The predicted molar refractivity (Wildman–Crippen MR) is 99.1 cm³/mol. The molecule has 24 heavy (non-hydrogen) atoms. The van der Waals surface area contributed by atoms with Crippen LogP contribution in [0.15, 0.2) is 11.6 Å². The normalized spacial score (nSPS) is 29.2. The maximum absolute atomic E-state index is 12.7. The first-order valence-corrected chi connectivity index (χ1v) is 13.1. The molecule has 2 rings (SSSR count). The van der Waals surface area contributed by atoms with E-state index in [0.29, 0.717) is 31.1 Å². The molecule has 0 bridgehead atoms. The third-order valence-corrected chi connectivity index (χ3v) is 12.1. The lowest BCUT2D eigenvalue weighted by molar-refractivity contribution is 0.173. The highest BCUT2D eigenvalue weighted by atomic mass is 33.2. The Bertz CT molecular complexity index is 647. The van der Waals surface area contributed by atoms with Crippen molar-refractivity contribution in [3.63, 3.8) is 0 Å². The minimum atomic E-state index is -4.06. The molecule has 4 nitrogen and oxygen atoms in total. The zero-order chi connectivity index (χ0) is 17.8. The highest BCUT2D eigenvalue weighted by Crippen LogP contribution is 2.43. The number of hydrogen-bond donors (Lipinski definition) is 0. The zero-order valence-electron chi connectivity index (χ0n) is 15.0. The van der Waals surface area contributed by atoms with Crippen molar-refractivity contribution in [3.8, 4) is 0 Å². The molecule has 0 N–H and O–H groups in total. The zero-order valence-corrected chi connectivity index (χ0v) is 16.7. The van der Waals surface area contributed by atoms with Crippen LogP contribution in [0.25, 0.3) is 0 Å². The Morgan fingerprint density at radius 2 is 1.62 bits per heavy atom. The lowest BCUT2D eigenvalue weighted by atomic mass is 9.71. The van der Waals surface area contributed by atoms with Crippen molar-refractivity contribution in [1.82, 2.24) is 0 Å². The molecule has 140 valence electrons. The van der Waals surface area contributed by atoms with Gasteiger partial charge in [-0.25, -0.2) is 16.8 Å². The first-order valence-electron chi connectivity index (χ1n) is 9.36. The first kappa shape index (κ1) is 20.0. The van der Waals surface area contributed by atoms with Crippen LogP contribution >= 0.6 is 0 Å². The molecular formula is C18H32O4S2. The number of allylic oxidation sites excluding steroid dienone is 2. The summed E-state index contributed by atoms with van der Waals surface area (Å²) in [5.41, 5.74) is 1.21. The molecule has 0 amide bonds. The van der Waals surface area contributed by atoms with E-state index in [4.69, 9.17) is 0 Å².